The number of methoxy groups -OCH3 is 1. The third-order valence-corrected chi connectivity index (χ3v) is 4.49. The van der Waals surface area contributed by atoms with Crippen LogP contribution in [0.4, 0.5) is 10.5 Å². The molecule has 7 heteroatoms. The van der Waals surface area contributed by atoms with Gasteiger partial charge in [0.1, 0.15) is 12.3 Å². The molecule has 27 heavy (non-hydrogen) atoms. The van der Waals surface area contributed by atoms with Gasteiger partial charge >= 0.3 is 6.09 Å². The van der Waals surface area contributed by atoms with E-state index in [1.807, 2.05) is 26.0 Å². The molecular weight excluding hydrogens is 346 g/mol. The first-order chi connectivity index (χ1) is 13.0. The van der Waals surface area contributed by atoms with Crippen molar-refractivity contribution in [3.8, 4) is 5.75 Å². The summed E-state index contributed by atoms with van der Waals surface area (Å²) in [6.07, 6.45) is 2.02. The fourth-order valence-electron chi connectivity index (χ4n) is 2.96. The number of carbonyl (C=O) groups excluding carboxylic acids is 2. The molecule has 1 amide bonds. The summed E-state index contributed by atoms with van der Waals surface area (Å²) in [5, 5.41) is 2.76. The summed E-state index contributed by atoms with van der Waals surface area (Å²) in [4.78, 5) is 27.4. The van der Waals surface area contributed by atoms with Gasteiger partial charge in [-0.05, 0) is 44.0 Å². The van der Waals surface area contributed by atoms with Crippen molar-refractivity contribution in [2.24, 2.45) is 0 Å². The highest BCUT2D eigenvalue weighted by atomic mass is 16.5. The minimum absolute atomic E-state index is 0.231. The summed E-state index contributed by atoms with van der Waals surface area (Å²) in [6.45, 7) is 5.87. The number of rotatable bonds is 5. The number of carbonyl (C=O) groups is 2. The van der Waals surface area contributed by atoms with Crippen LogP contribution in [0, 0.1) is 20.8 Å². The number of aryl methyl sites for hydroxylation is 3. The van der Waals surface area contributed by atoms with Crippen molar-refractivity contribution in [2.75, 3.05) is 12.4 Å². The van der Waals surface area contributed by atoms with E-state index >= 15 is 0 Å². The van der Waals surface area contributed by atoms with Gasteiger partial charge in [-0.2, -0.15) is 0 Å². The molecule has 1 aromatic carbocycles. The molecule has 0 spiro atoms. The molecule has 3 aromatic rings. The van der Waals surface area contributed by atoms with Crippen LogP contribution in [-0.2, 0) is 11.3 Å². The molecule has 3 rings (SSSR count). The van der Waals surface area contributed by atoms with Crippen LogP contribution >= 0.6 is 0 Å². The standard InChI is InChI=1S/C20H21N3O4/c1-12-7-8-13(2)18(22-20(25)26-4)15(12)11-27-17-6-5-9-23-16(10-24)14(3)21-19(17)23/h5-10H,11H2,1-4H3,(H,22,25). The van der Waals surface area contributed by atoms with Crippen LogP contribution in [0.5, 0.6) is 5.75 Å². The monoisotopic (exact) mass is 367 g/mol. The van der Waals surface area contributed by atoms with E-state index < -0.39 is 6.09 Å². The summed E-state index contributed by atoms with van der Waals surface area (Å²) in [7, 11) is 1.32. The summed E-state index contributed by atoms with van der Waals surface area (Å²) < 4.78 is 12.4. The zero-order valence-electron chi connectivity index (χ0n) is 15.7. The average molecular weight is 367 g/mol. The van der Waals surface area contributed by atoms with E-state index in [-0.39, 0.29) is 6.61 Å². The zero-order valence-corrected chi connectivity index (χ0v) is 15.7. The maximum Gasteiger partial charge on any atom is 0.411 e. The molecule has 0 atom stereocenters. The molecule has 0 saturated heterocycles. The highest BCUT2D eigenvalue weighted by Gasteiger charge is 2.15. The second-order valence-electron chi connectivity index (χ2n) is 6.22. The Labute approximate surface area is 156 Å². The predicted octanol–water partition coefficient (Wildman–Crippen LogP) is 3.83. The van der Waals surface area contributed by atoms with Crippen LogP contribution in [0.25, 0.3) is 5.65 Å². The van der Waals surface area contributed by atoms with E-state index in [2.05, 4.69) is 10.3 Å². The van der Waals surface area contributed by atoms with Crippen molar-refractivity contribution in [2.45, 2.75) is 27.4 Å². The molecule has 0 aliphatic rings. The van der Waals surface area contributed by atoms with Crippen molar-refractivity contribution < 1.29 is 19.1 Å². The van der Waals surface area contributed by atoms with Gasteiger partial charge < -0.3 is 9.47 Å². The topological polar surface area (TPSA) is 81.9 Å². The number of aromatic nitrogens is 2. The smallest absolute Gasteiger partial charge is 0.411 e. The van der Waals surface area contributed by atoms with E-state index in [0.717, 1.165) is 23.0 Å². The van der Waals surface area contributed by atoms with E-state index in [0.29, 0.717) is 28.5 Å². The molecule has 140 valence electrons. The number of ether oxygens (including phenoxy) is 2. The van der Waals surface area contributed by atoms with E-state index in [1.54, 1.807) is 29.7 Å². The minimum atomic E-state index is -0.536. The molecule has 0 radical (unpaired) electrons. The molecule has 0 saturated carbocycles. The molecule has 0 aliphatic carbocycles. The molecule has 7 nitrogen and oxygen atoms in total. The number of hydrogen-bond acceptors (Lipinski definition) is 5. The third kappa shape index (κ3) is 3.48. The van der Waals surface area contributed by atoms with Gasteiger partial charge in [-0.1, -0.05) is 12.1 Å². The fourth-order valence-corrected chi connectivity index (χ4v) is 2.96. The summed E-state index contributed by atoms with van der Waals surface area (Å²) in [6, 6.07) is 7.50. The molecular formula is C20H21N3O4. The lowest BCUT2D eigenvalue weighted by molar-refractivity contribution is 0.111. The lowest BCUT2D eigenvalue weighted by Crippen LogP contribution is -2.15. The Hall–Kier alpha value is -3.35. The quantitative estimate of drug-likeness (QED) is 0.693. The van der Waals surface area contributed by atoms with Crippen molar-refractivity contribution >= 4 is 23.7 Å². The van der Waals surface area contributed by atoms with Crippen LogP contribution in [-0.4, -0.2) is 28.9 Å². The first-order valence-electron chi connectivity index (χ1n) is 8.46. The fraction of sp³-hybridized carbons (Fsp3) is 0.250. The average Bonchev–Trinajstić information content (AvgIpc) is 2.99. The first-order valence-corrected chi connectivity index (χ1v) is 8.46. The van der Waals surface area contributed by atoms with Gasteiger partial charge in [0.2, 0.25) is 0 Å². The highest BCUT2D eigenvalue weighted by molar-refractivity contribution is 5.87. The van der Waals surface area contributed by atoms with Crippen molar-refractivity contribution in [1.29, 1.82) is 0 Å². The van der Waals surface area contributed by atoms with Gasteiger partial charge in [0.15, 0.2) is 17.7 Å². The second kappa shape index (κ2) is 7.49. The Morgan fingerprint density at radius 2 is 1.96 bits per heavy atom. The Kier molecular flexibility index (Phi) is 5.12. The van der Waals surface area contributed by atoms with Gasteiger partial charge in [-0.25, -0.2) is 9.78 Å². The van der Waals surface area contributed by atoms with E-state index in [9.17, 15) is 9.59 Å². The van der Waals surface area contributed by atoms with Crippen molar-refractivity contribution in [1.82, 2.24) is 9.38 Å². The summed E-state index contributed by atoms with van der Waals surface area (Å²) >= 11 is 0. The molecule has 1 N–H and O–H groups in total. The maximum atomic E-state index is 11.7. The zero-order chi connectivity index (χ0) is 19.6. The number of amides is 1. The lowest BCUT2D eigenvalue weighted by Gasteiger charge is -2.17. The summed E-state index contributed by atoms with van der Waals surface area (Å²) in [5.41, 5.74) is 5.11. The van der Waals surface area contributed by atoms with Crippen molar-refractivity contribution in [3.05, 3.63) is 58.5 Å². The number of imidazole rings is 1. The number of hydrogen-bond donors (Lipinski definition) is 1. The molecule has 2 heterocycles. The van der Waals surface area contributed by atoms with Crippen LogP contribution in [0.2, 0.25) is 0 Å². The lowest BCUT2D eigenvalue weighted by atomic mass is 10.0. The Morgan fingerprint density at radius 3 is 2.67 bits per heavy atom. The first kappa shape index (κ1) is 18.4. The Morgan fingerprint density at radius 1 is 1.22 bits per heavy atom. The van der Waals surface area contributed by atoms with Crippen LogP contribution in [0.1, 0.15) is 32.9 Å². The number of fused-ring (bicyclic) bond motifs is 1. The van der Waals surface area contributed by atoms with Gasteiger partial charge in [-0.3, -0.25) is 14.5 Å². The minimum Gasteiger partial charge on any atom is -0.485 e. The molecule has 0 aliphatic heterocycles. The van der Waals surface area contributed by atoms with E-state index in [4.69, 9.17) is 9.47 Å². The van der Waals surface area contributed by atoms with Gasteiger partial charge in [0, 0.05) is 11.8 Å². The number of nitrogens with one attached hydrogen (secondary N) is 1. The molecule has 0 bridgehead atoms. The Bertz CT molecular complexity index is 1020. The van der Waals surface area contributed by atoms with Crippen LogP contribution in [0.3, 0.4) is 0 Å². The molecule has 2 aromatic heterocycles. The third-order valence-electron chi connectivity index (χ3n) is 4.49. The van der Waals surface area contributed by atoms with Crippen LogP contribution < -0.4 is 10.1 Å². The van der Waals surface area contributed by atoms with Crippen molar-refractivity contribution in [3.63, 3.8) is 0 Å². The maximum absolute atomic E-state index is 11.7. The van der Waals surface area contributed by atoms with Crippen LogP contribution in [0.15, 0.2) is 30.5 Å². The van der Waals surface area contributed by atoms with Gasteiger partial charge in [-0.15, -0.1) is 0 Å². The second-order valence-corrected chi connectivity index (χ2v) is 6.22. The van der Waals surface area contributed by atoms with Gasteiger partial charge in [0.25, 0.3) is 0 Å². The largest absolute Gasteiger partial charge is 0.485 e. The van der Waals surface area contributed by atoms with E-state index in [1.165, 1.54) is 7.11 Å². The number of aldehydes is 1. The Balaban J connectivity index is 1.96. The predicted molar refractivity (Wildman–Crippen MR) is 102 cm³/mol. The highest BCUT2D eigenvalue weighted by Crippen LogP contribution is 2.28. The molecule has 0 unspecified atom stereocenters. The SMILES string of the molecule is COC(=O)Nc1c(C)ccc(C)c1COc1cccn2c(C=O)c(C)nc12. The normalized spacial score (nSPS) is 10.7. The molecule has 0 fully saturated rings. The number of anilines is 1. The number of pyridine rings is 1. The number of benzene rings is 1. The summed E-state index contributed by atoms with van der Waals surface area (Å²) in [5.74, 6) is 0.554. The number of nitrogens with zero attached hydrogens (tertiary/aromatic N) is 2. The van der Waals surface area contributed by atoms with Gasteiger partial charge in [0.05, 0.1) is 18.5 Å².